The van der Waals surface area contributed by atoms with Crippen LogP contribution >= 0.6 is 0 Å². The molecule has 0 aromatic carbocycles. The van der Waals surface area contributed by atoms with E-state index < -0.39 is 0 Å². The van der Waals surface area contributed by atoms with Gasteiger partial charge in [0.1, 0.15) is 5.69 Å². The van der Waals surface area contributed by atoms with Crippen LogP contribution < -0.4 is 5.73 Å². The van der Waals surface area contributed by atoms with Gasteiger partial charge in [-0.3, -0.25) is 4.79 Å². The zero-order chi connectivity index (χ0) is 13.2. The highest BCUT2D eigenvalue weighted by Crippen LogP contribution is 2.37. The Morgan fingerprint density at radius 3 is 2.37 bits per heavy atom. The standard InChI is InChI=1S/C15H23N3O/c16-12-10-14(18(11-12)13-6-7-13)15(19)17-8-4-2-1-3-5-9-17/h10-11,13H,1-9,16H2. The Morgan fingerprint density at radius 2 is 1.74 bits per heavy atom. The number of carbonyl (C=O) groups is 1. The van der Waals surface area contributed by atoms with E-state index in [1.54, 1.807) is 0 Å². The fraction of sp³-hybridized carbons (Fsp3) is 0.667. The molecule has 2 N–H and O–H groups in total. The summed E-state index contributed by atoms with van der Waals surface area (Å²) in [5.41, 5.74) is 7.38. The van der Waals surface area contributed by atoms with Crippen LogP contribution in [0.15, 0.2) is 12.3 Å². The van der Waals surface area contributed by atoms with Crippen molar-refractivity contribution in [3.63, 3.8) is 0 Å². The first-order valence-electron chi connectivity index (χ1n) is 7.52. The van der Waals surface area contributed by atoms with Gasteiger partial charge in [0.05, 0.1) is 5.69 Å². The van der Waals surface area contributed by atoms with Crippen LogP contribution in [0.25, 0.3) is 0 Å². The van der Waals surface area contributed by atoms with E-state index in [0.717, 1.165) is 31.6 Å². The van der Waals surface area contributed by atoms with Gasteiger partial charge < -0.3 is 15.2 Å². The molecule has 0 atom stereocenters. The molecule has 1 saturated heterocycles. The Hall–Kier alpha value is -1.45. The molecule has 0 bridgehead atoms. The van der Waals surface area contributed by atoms with E-state index in [4.69, 9.17) is 5.73 Å². The van der Waals surface area contributed by atoms with Crippen molar-refractivity contribution in [2.24, 2.45) is 0 Å². The van der Waals surface area contributed by atoms with Crippen molar-refractivity contribution in [2.45, 2.75) is 51.0 Å². The summed E-state index contributed by atoms with van der Waals surface area (Å²) in [6.45, 7) is 1.79. The third-order valence-electron chi connectivity index (χ3n) is 4.17. The summed E-state index contributed by atoms with van der Waals surface area (Å²) in [5.74, 6) is 0.172. The van der Waals surface area contributed by atoms with Crippen molar-refractivity contribution in [3.05, 3.63) is 18.0 Å². The largest absolute Gasteiger partial charge is 0.397 e. The lowest BCUT2D eigenvalue weighted by Crippen LogP contribution is -2.35. The van der Waals surface area contributed by atoms with Gasteiger partial charge in [0, 0.05) is 25.3 Å². The normalized spacial score (nSPS) is 20.9. The third kappa shape index (κ3) is 2.77. The number of rotatable bonds is 2. The van der Waals surface area contributed by atoms with Gasteiger partial charge >= 0.3 is 0 Å². The van der Waals surface area contributed by atoms with Crippen LogP contribution in [0.2, 0.25) is 0 Å². The van der Waals surface area contributed by atoms with Gasteiger partial charge in [-0.1, -0.05) is 19.3 Å². The van der Waals surface area contributed by atoms with Crippen molar-refractivity contribution in [2.75, 3.05) is 18.8 Å². The molecule has 2 aliphatic rings. The molecule has 2 fully saturated rings. The fourth-order valence-corrected chi connectivity index (χ4v) is 2.94. The molecule has 1 aliphatic heterocycles. The summed E-state index contributed by atoms with van der Waals surface area (Å²) in [7, 11) is 0. The smallest absolute Gasteiger partial charge is 0.270 e. The Kier molecular flexibility index (Phi) is 3.49. The lowest BCUT2D eigenvalue weighted by atomic mass is 10.1. The second-order valence-electron chi connectivity index (χ2n) is 5.86. The van der Waals surface area contributed by atoms with Crippen molar-refractivity contribution in [1.29, 1.82) is 0 Å². The minimum atomic E-state index is 0.172. The molecule has 104 valence electrons. The molecule has 4 nitrogen and oxygen atoms in total. The van der Waals surface area contributed by atoms with Crippen molar-refractivity contribution >= 4 is 11.6 Å². The Balaban J connectivity index is 1.78. The number of hydrogen-bond acceptors (Lipinski definition) is 2. The second kappa shape index (κ2) is 5.27. The molecule has 2 heterocycles. The molecule has 1 amide bonds. The number of amides is 1. The van der Waals surface area contributed by atoms with Gasteiger partial charge in [0.25, 0.3) is 5.91 Å². The maximum Gasteiger partial charge on any atom is 0.270 e. The molecule has 1 aromatic rings. The van der Waals surface area contributed by atoms with Crippen LogP contribution in [0.3, 0.4) is 0 Å². The average molecular weight is 261 g/mol. The molecule has 1 aromatic heterocycles. The van der Waals surface area contributed by atoms with E-state index in [1.807, 2.05) is 17.2 Å². The van der Waals surface area contributed by atoms with E-state index in [9.17, 15) is 4.79 Å². The minimum Gasteiger partial charge on any atom is -0.397 e. The van der Waals surface area contributed by atoms with Gasteiger partial charge in [-0.2, -0.15) is 0 Å². The van der Waals surface area contributed by atoms with Crippen molar-refractivity contribution < 1.29 is 4.79 Å². The van der Waals surface area contributed by atoms with Crippen LogP contribution in [-0.4, -0.2) is 28.5 Å². The molecule has 4 heteroatoms. The molecule has 3 rings (SSSR count). The summed E-state index contributed by atoms with van der Waals surface area (Å²) < 4.78 is 2.09. The highest BCUT2D eigenvalue weighted by Gasteiger charge is 2.29. The lowest BCUT2D eigenvalue weighted by Gasteiger charge is -2.25. The van der Waals surface area contributed by atoms with E-state index in [2.05, 4.69) is 4.57 Å². The zero-order valence-electron chi connectivity index (χ0n) is 11.5. The molecular weight excluding hydrogens is 238 g/mol. The molecule has 0 spiro atoms. The summed E-state index contributed by atoms with van der Waals surface area (Å²) in [6.07, 6.45) is 10.3. The number of nitrogens with zero attached hydrogens (tertiary/aromatic N) is 2. The van der Waals surface area contributed by atoms with Crippen LogP contribution in [0.1, 0.15) is 61.5 Å². The molecule has 1 saturated carbocycles. The monoisotopic (exact) mass is 261 g/mol. The highest BCUT2D eigenvalue weighted by molar-refractivity contribution is 5.94. The lowest BCUT2D eigenvalue weighted by molar-refractivity contribution is 0.0731. The Morgan fingerprint density at radius 1 is 1.11 bits per heavy atom. The van der Waals surface area contributed by atoms with Crippen LogP contribution in [0.4, 0.5) is 5.69 Å². The van der Waals surface area contributed by atoms with Gasteiger partial charge in [0.15, 0.2) is 0 Å². The van der Waals surface area contributed by atoms with Crippen molar-refractivity contribution in [3.8, 4) is 0 Å². The fourth-order valence-electron chi connectivity index (χ4n) is 2.94. The number of carbonyl (C=O) groups excluding carboxylic acids is 1. The van der Waals surface area contributed by atoms with Gasteiger partial charge in [-0.05, 0) is 31.7 Å². The van der Waals surface area contributed by atoms with Crippen LogP contribution in [0, 0.1) is 0 Å². The first-order valence-corrected chi connectivity index (χ1v) is 7.52. The molecular formula is C15H23N3O. The van der Waals surface area contributed by atoms with E-state index in [-0.39, 0.29) is 5.91 Å². The number of anilines is 1. The van der Waals surface area contributed by atoms with Gasteiger partial charge in [0.2, 0.25) is 0 Å². The second-order valence-corrected chi connectivity index (χ2v) is 5.86. The Labute approximate surface area is 114 Å². The SMILES string of the molecule is Nc1cc(C(=O)N2CCCCCCC2)n(C2CC2)c1. The number of nitrogens with two attached hydrogens (primary N) is 1. The molecule has 0 unspecified atom stereocenters. The topological polar surface area (TPSA) is 51.3 Å². The summed E-state index contributed by atoms with van der Waals surface area (Å²) in [4.78, 5) is 14.7. The third-order valence-corrected chi connectivity index (χ3v) is 4.17. The summed E-state index contributed by atoms with van der Waals surface area (Å²) in [5, 5.41) is 0. The number of nitrogen functional groups attached to an aromatic ring is 1. The quantitative estimate of drug-likeness (QED) is 0.890. The predicted octanol–water partition coefficient (Wildman–Crippen LogP) is 2.81. The Bertz CT molecular complexity index is 454. The molecule has 1 aliphatic carbocycles. The first-order chi connectivity index (χ1) is 9.25. The number of likely N-dealkylation sites (tertiary alicyclic amines) is 1. The number of aromatic nitrogens is 1. The maximum atomic E-state index is 12.7. The van der Waals surface area contributed by atoms with E-state index >= 15 is 0 Å². The minimum absolute atomic E-state index is 0.172. The van der Waals surface area contributed by atoms with Gasteiger partial charge in [-0.15, -0.1) is 0 Å². The summed E-state index contributed by atoms with van der Waals surface area (Å²) in [6, 6.07) is 2.35. The average Bonchev–Trinajstić information content (AvgIpc) is 3.11. The van der Waals surface area contributed by atoms with Crippen LogP contribution in [-0.2, 0) is 0 Å². The van der Waals surface area contributed by atoms with Crippen molar-refractivity contribution in [1.82, 2.24) is 9.47 Å². The van der Waals surface area contributed by atoms with E-state index in [1.165, 1.54) is 32.1 Å². The molecule has 0 radical (unpaired) electrons. The summed E-state index contributed by atoms with van der Waals surface area (Å²) >= 11 is 0. The molecule has 19 heavy (non-hydrogen) atoms. The maximum absolute atomic E-state index is 12.7. The zero-order valence-corrected chi connectivity index (χ0v) is 11.5. The van der Waals surface area contributed by atoms with Crippen LogP contribution in [0.5, 0.6) is 0 Å². The van der Waals surface area contributed by atoms with E-state index in [0.29, 0.717) is 11.7 Å². The highest BCUT2D eigenvalue weighted by atomic mass is 16.2. The number of hydrogen-bond donors (Lipinski definition) is 1. The van der Waals surface area contributed by atoms with Gasteiger partial charge in [-0.25, -0.2) is 0 Å². The first kappa shape index (κ1) is 12.6. The predicted molar refractivity (Wildman–Crippen MR) is 76.1 cm³/mol.